The molecule has 0 radical (unpaired) electrons. The molecule has 0 aromatic carbocycles. The van der Waals surface area contributed by atoms with Crippen LogP contribution in [0.5, 0.6) is 0 Å². The van der Waals surface area contributed by atoms with Crippen molar-refractivity contribution in [2.75, 3.05) is 6.61 Å². The van der Waals surface area contributed by atoms with E-state index in [2.05, 4.69) is 40.0 Å². The lowest BCUT2D eigenvalue weighted by atomic mass is 9.81. The first-order valence-corrected chi connectivity index (χ1v) is 8.23. The predicted molar refractivity (Wildman–Crippen MR) is 84.0 cm³/mol. The fourth-order valence-electron chi connectivity index (χ4n) is 3.08. The first-order valence-electron chi connectivity index (χ1n) is 8.23. The van der Waals surface area contributed by atoms with Gasteiger partial charge in [0.15, 0.2) is 0 Å². The minimum Gasteiger partial charge on any atom is -0.374 e. The van der Waals surface area contributed by atoms with Crippen LogP contribution in [0, 0.1) is 5.92 Å². The molecule has 0 fully saturated rings. The van der Waals surface area contributed by atoms with Crippen molar-refractivity contribution in [2.24, 2.45) is 11.8 Å². The van der Waals surface area contributed by atoms with E-state index < -0.39 is 0 Å². The highest BCUT2D eigenvalue weighted by atomic mass is 16.5. The van der Waals surface area contributed by atoms with E-state index in [1.807, 2.05) is 0 Å². The van der Waals surface area contributed by atoms with Gasteiger partial charge < -0.3 is 4.74 Å². The normalized spacial score (nSPS) is 15.5. The second-order valence-electron chi connectivity index (χ2n) is 5.58. The molecule has 116 valence electrons. The maximum absolute atomic E-state index is 6.09. The van der Waals surface area contributed by atoms with E-state index >= 15 is 0 Å². The minimum atomic E-state index is -0.108. The quantitative estimate of drug-likeness (QED) is 0.417. The van der Waals surface area contributed by atoms with Gasteiger partial charge in [0.25, 0.3) is 0 Å². The van der Waals surface area contributed by atoms with Gasteiger partial charge in [-0.15, -0.1) is 0 Å². The molecule has 0 heterocycles. The molecule has 0 aromatic rings. The van der Waals surface area contributed by atoms with Crippen molar-refractivity contribution in [1.29, 1.82) is 0 Å². The molecule has 0 amide bonds. The number of ether oxygens (including phenoxy) is 1. The summed E-state index contributed by atoms with van der Waals surface area (Å²) in [5.41, 5.74) is 2.94. The van der Waals surface area contributed by atoms with Gasteiger partial charge in [0.05, 0.1) is 11.6 Å². The Morgan fingerprint density at radius 1 is 1.11 bits per heavy atom. The van der Waals surface area contributed by atoms with Gasteiger partial charge >= 0.3 is 0 Å². The van der Waals surface area contributed by atoms with E-state index in [0.29, 0.717) is 0 Å². The Balaban J connectivity index is 4.73. The van der Waals surface area contributed by atoms with Crippen molar-refractivity contribution in [2.45, 2.75) is 91.2 Å². The van der Waals surface area contributed by atoms with Gasteiger partial charge in [-0.05, 0) is 32.1 Å². The Morgan fingerprint density at radius 3 is 2.11 bits per heavy atom. The van der Waals surface area contributed by atoms with Crippen LogP contribution in [0.3, 0.4) is 0 Å². The molecule has 3 N–H and O–H groups in total. The third-order valence-corrected chi connectivity index (χ3v) is 4.58. The molecule has 0 aliphatic rings. The van der Waals surface area contributed by atoms with Crippen molar-refractivity contribution in [3.05, 3.63) is 0 Å². The second-order valence-corrected chi connectivity index (χ2v) is 5.58. The molecule has 2 atom stereocenters. The summed E-state index contributed by atoms with van der Waals surface area (Å²) in [7, 11) is 0. The first-order chi connectivity index (χ1) is 9.13. The van der Waals surface area contributed by atoms with E-state index in [1.54, 1.807) is 0 Å². The molecule has 0 bridgehead atoms. The monoisotopic (exact) mass is 272 g/mol. The summed E-state index contributed by atoms with van der Waals surface area (Å²) in [6, 6.07) is 0.254. The van der Waals surface area contributed by atoms with Crippen LogP contribution in [0.1, 0.15) is 79.6 Å². The molecular formula is C16H36N2O. The second kappa shape index (κ2) is 10.6. The van der Waals surface area contributed by atoms with Gasteiger partial charge in [0.1, 0.15) is 0 Å². The predicted octanol–water partition coefficient (Wildman–Crippen LogP) is 4.02. The average molecular weight is 272 g/mol. The van der Waals surface area contributed by atoms with Crippen molar-refractivity contribution >= 4 is 0 Å². The molecule has 2 unspecified atom stereocenters. The van der Waals surface area contributed by atoms with Crippen LogP contribution in [-0.4, -0.2) is 18.2 Å². The Morgan fingerprint density at radius 2 is 1.74 bits per heavy atom. The summed E-state index contributed by atoms with van der Waals surface area (Å²) in [4.78, 5) is 0. The summed E-state index contributed by atoms with van der Waals surface area (Å²) in [6.45, 7) is 11.8. The lowest BCUT2D eigenvalue weighted by Gasteiger charge is -2.40. The highest BCUT2D eigenvalue weighted by Gasteiger charge is 2.36. The van der Waals surface area contributed by atoms with Crippen LogP contribution in [0.4, 0.5) is 0 Å². The maximum Gasteiger partial charge on any atom is 0.0842 e. The summed E-state index contributed by atoms with van der Waals surface area (Å²) in [6.07, 6.45) is 8.27. The fraction of sp³-hybridized carbons (Fsp3) is 1.00. The molecular weight excluding hydrogens is 236 g/mol. The van der Waals surface area contributed by atoms with Crippen LogP contribution in [-0.2, 0) is 4.74 Å². The number of nitrogens with two attached hydrogens (primary N) is 1. The molecule has 0 aliphatic carbocycles. The molecule has 3 heteroatoms. The SMILES string of the molecule is CCCCC(CC)CC(NN)C(CC)(CC)OCC. The minimum absolute atomic E-state index is 0.108. The first kappa shape index (κ1) is 18.9. The number of hydrogen-bond acceptors (Lipinski definition) is 3. The molecule has 0 saturated heterocycles. The third-order valence-electron chi connectivity index (χ3n) is 4.58. The lowest BCUT2D eigenvalue weighted by molar-refractivity contribution is -0.0772. The van der Waals surface area contributed by atoms with Crippen molar-refractivity contribution < 1.29 is 4.74 Å². The van der Waals surface area contributed by atoms with Crippen LogP contribution in [0.2, 0.25) is 0 Å². The lowest BCUT2D eigenvalue weighted by Crippen LogP contribution is -2.55. The van der Waals surface area contributed by atoms with Crippen LogP contribution in [0.15, 0.2) is 0 Å². The largest absolute Gasteiger partial charge is 0.374 e. The number of nitrogens with one attached hydrogen (secondary N) is 1. The fourth-order valence-corrected chi connectivity index (χ4v) is 3.08. The smallest absolute Gasteiger partial charge is 0.0842 e. The molecule has 0 aromatic heterocycles. The molecule has 0 rings (SSSR count). The molecule has 0 saturated carbocycles. The average Bonchev–Trinajstić information content (AvgIpc) is 2.45. The van der Waals surface area contributed by atoms with Gasteiger partial charge in [-0.25, -0.2) is 0 Å². The van der Waals surface area contributed by atoms with E-state index in [1.165, 1.54) is 25.7 Å². The number of hydrogen-bond donors (Lipinski definition) is 2. The van der Waals surface area contributed by atoms with E-state index in [4.69, 9.17) is 10.6 Å². The van der Waals surface area contributed by atoms with Crippen LogP contribution in [0.25, 0.3) is 0 Å². The van der Waals surface area contributed by atoms with E-state index in [0.717, 1.165) is 31.8 Å². The summed E-state index contributed by atoms with van der Waals surface area (Å²) < 4.78 is 6.09. The van der Waals surface area contributed by atoms with Gasteiger partial charge in [-0.1, -0.05) is 53.4 Å². The van der Waals surface area contributed by atoms with Gasteiger partial charge in [0, 0.05) is 6.61 Å². The van der Waals surface area contributed by atoms with E-state index in [-0.39, 0.29) is 11.6 Å². The van der Waals surface area contributed by atoms with Gasteiger partial charge in [-0.3, -0.25) is 11.3 Å². The van der Waals surface area contributed by atoms with Crippen LogP contribution < -0.4 is 11.3 Å². The molecule has 3 nitrogen and oxygen atoms in total. The Bertz CT molecular complexity index is 205. The van der Waals surface area contributed by atoms with Crippen molar-refractivity contribution in [3.63, 3.8) is 0 Å². The standard InChI is InChI=1S/C16H36N2O/c1-6-11-12-14(7-2)13-15(18-17)16(8-3,9-4)19-10-5/h14-15,18H,6-13,17H2,1-5H3. The third kappa shape index (κ3) is 5.80. The molecule has 0 spiro atoms. The van der Waals surface area contributed by atoms with Crippen LogP contribution >= 0.6 is 0 Å². The van der Waals surface area contributed by atoms with Gasteiger partial charge in [-0.2, -0.15) is 0 Å². The Kier molecular flexibility index (Phi) is 10.6. The number of hydrazine groups is 1. The number of unbranched alkanes of at least 4 members (excludes halogenated alkanes) is 1. The molecule has 0 aliphatic heterocycles. The zero-order chi connectivity index (χ0) is 14.7. The summed E-state index contributed by atoms with van der Waals surface area (Å²) in [5, 5.41) is 0. The van der Waals surface area contributed by atoms with Crippen molar-refractivity contribution in [1.82, 2.24) is 5.43 Å². The zero-order valence-corrected chi connectivity index (χ0v) is 13.8. The summed E-state index contributed by atoms with van der Waals surface area (Å²) >= 11 is 0. The number of rotatable bonds is 12. The van der Waals surface area contributed by atoms with Gasteiger partial charge in [0.2, 0.25) is 0 Å². The van der Waals surface area contributed by atoms with E-state index in [9.17, 15) is 0 Å². The zero-order valence-electron chi connectivity index (χ0n) is 13.8. The van der Waals surface area contributed by atoms with Crippen molar-refractivity contribution in [3.8, 4) is 0 Å². The topological polar surface area (TPSA) is 47.3 Å². The Labute approximate surface area is 120 Å². The highest BCUT2D eigenvalue weighted by Crippen LogP contribution is 2.30. The maximum atomic E-state index is 6.09. The Hall–Kier alpha value is -0.120. The molecule has 19 heavy (non-hydrogen) atoms. The highest BCUT2D eigenvalue weighted by molar-refractivity contribution is 4.91. The summed E-state index contributed by atoms with van der Waals surface area (Å²) in [5.74, 6) is 6.59.